The molecule has 0 aliphatic carbocycles. The van der Waals surface area contributed by atoms with E-state index in [0.717, 1.165) is 0 Å². The summed E-state index contributed by atoms with van der Waals surface area (Å²) < 4.78 is 4.42. The second kappa shape index (κ2) is 5.48. The van der Waals surface area contributed by atoms with Crippen LogP contribution in [0, 0.1) is 13.8 Å². The molecule has 1 aromatic rings. The van der Waals surface area contributed by atoms with Gasteiger partial charge in [0.25, 0.3) is 5.91 Å². The number of aromatic amines is 1. The largest absolute Gasteiger partial charge is 0.468 e. The predicted molar refractivity (Wildman–Crippen MR) is 64.6 cm³/mol. The van der Waals surface area contributed by atoms with Gasteiger partial charge in [0.1, 0.15) is 12.2 Å². The number of aryl methyl sites for hydroxylation is 1. The zero-order valence-corrected chi connectivity index (χ0v) is 10.8. The molecule has 0 unspecified atom stereocenters. The number of hydrogen-bond acceptors (Lipinski definition) is 4. The molecule has 0 fully saturated rings. The molecule has 1 amide bonds. The van der Waals surface area contributed by atoms with Crippen molar-refractivity contribution in [1.29, 1.82) is 0 Å². The van der Waals surface area contributed by atoms with Crippen LogP contribution in [0.5, 0.6) is 0 Å². The summed E-state index contributed by atoms with van der Waals surface area (Å²) in [6, 6.07) is 0. The number of ether oxygens (including phenoxy) is 1. The molecule has 0 bridgehead atoms. The lowest BCUT2D eigenvalue weighted by atomic mass is 10.1. The molecule has 0 saturated carbocycles. The summed E-state index contributed by atoms with van der Waals surface area (Å²) in [7, 11) is 1.24. The molecule has 0 aliphatic heterocycles. The Hall–Kier alpha value is -2.11. The van der Waals surface area contributed by atoms with E-state index in [4.69, 9.17) is 0 Å². The fourth-order valence-corrected chi connectivity index (χ4v) is 1.82. The molecule has 1 heterocycles. The Kier molecular flexibility index (Phi) is 4.25. The van der Waals surface area contributed by atoms with Crippen molar-refractivity contribution in [2.45, 2.75) is 20.8 Å². The summed E-state index contributed by atoms with van der Waals surface area (Å²) in [6.45, 7) is 4.65. The van der Waals surface area contributed by atoms with Gasteiger partial charge in [0.05, 0.1) is 7.11 Å². The van der Waals surface area contributed by atoms with Crippen LogP contribution in [0.25, 0.3) is 0 Å². The molecule has 0 saturated heterocycles. The van der Waals surface area contributed by atoms with Crippen LogP contribution in [0.1, 0.15) is 39.0 Å². The molecule has 2 N–H and O–H groups in total. The smallest absolute Gasteiger partial charge is 0.325 e. The number of ketones is 1. The highest BCUT2D eigenvalue weighted by molar-refractivity contribution is 6.03. The number of methoxy groups -OCH3 is 1. The second-order valence-corrected chi connectivity index (χ2v) is 3.94. The van der Waals surface area contributed by atoms with Gasteiger partial charge in [-0.05, 0) is 26.3 Å². The van der Waals surface area contributed by atoms with Gasteiger partial charge >= 0.3 is 5.97 Å². The van der Waals surface area contributed by atoms with Crippen molar-refractivity contribution >= 4 is 17.7 Å². The minimum Gasteiger partial charge on any atom is -0.468 e. The normalized spacial score (nSPS) is 10.0. The average Bonchev–Trinajstić information content (AvgIpc) is 2.61. The SMILES string of the molecule is COC(=O)CNC(=O)c1[nH]c(C)c(C(C)=O)c1C. The Morgan fingerprint density at radius 3 is 2.33 bits per heavy atom. The van der Waals surface area contributed by atoms with Crippen LogP contribution >= 0.6 is 0 Å². The van der Waals surface area contributed by atoms with Gasteiger partial charge in [-0.1, -0.05) is 0 Å². The van der Waals surface area contributed by atoms with Gasteiger partial charge in [-0.15, -0.1) is 0 Å². The Balaban J connectivity index is 2.91. The van der Waals surface area contributed by atoms with Crippen LogP contribution in [0.3, 0.4) is 0 Å². The number of carbonyl (C=O) groups is 3. The van der Waals surface area contributed by atoms with E-state index in [1.165, 1.54) is 14.0 Å². The molecule has 0 aliphatic rings. The van der Waals surface area contributed by atoms with E-state index < -0.39 is 11.9 Å². The van der Waals surface area contributed by atoms with Gasteiger partial charge in [-0.3, -0.25) is 14.4 Å². The first-order valence-electron chi connectivity index (χ1n) is 5.43. The van der Waals surface area contributed by atoms with Crippen LogP contribution < -0.4 is 5.32 Å². The van der Waals surface area contributed by atoms with Crippen LogP contribution in [-0.2, 0) is 9.53 Å². The monoisotopic (exact) mass is 252 g/mol. The maximum Gasteiger partial charge on any atom is 0.325 e. The first-order chi connectivity index (χ1) is 8.38. The third-order valence-electron chi connectivity index (χ3n) is 2.64. The summed E-state index contributed by atoms with van der Waals surface area (Å²) in [6.07, 6.45) is 0. The summed E-state index contributed by atoms with van der Waals surface area (Å²) in [5, 5.41) is 2.41. The standard InChI is InChI=1S/C12H16N2O4/c1-6-10(8(3)15)7(2)14-11(6)12(17)13-5-9(16)18-4/h14H,5H2,1-4H3,(H,13,17). The van der Waals surface area contributed by atoms with Crippen molar-refractivity contribution in [3.8, 4) is 0 Å². The maximum absolute atomic E-state index is 11.8. The summed E-state index contributed by atoms with van der Waals surface area (Å²) in [4.78, 5) is 37.0. The molecule has 6 heteroatoms. The number of H-pyrrole nitrogens is 1. The van der Waals surface area contributed by atoms with Gasteiger partial charge < -0.3 is 15.0 Å². The Morgan fingerprint density at radius 2 is 1.89 bits per heavy atom. The van der Waals surface area contributed by atoms with Crippen molar-refractivity contribution < 1.29 is 19.1 Å². The molecule has 98 valence electrons. The number of Topliss-reactive ketones (excluding diaryl/α,β-unsaturated/α-hetero) is 1. The quantitative estimate of drug-likeness (QED) is 0.611. The molecular formula is C12H16N2O4. The second-order valence-electron chi connectivity index (χ2n) is 3.94. The topological polar surface area (TPSA) is 88.3 Å². The first kappa shape index (κ1) is 14.0. The van der Waals surface area contributed by atoms with Crippen molar-refractivity contribution in [2.24, 2.45) is 0 Å². The number of rotatable bonds is 4. The Morgan fingerprint density at radius 1 is 1.28 bits per heavy atom. The molecule has 0 atom stereocenters. The highest BCUT2D eigenvalue weighted by atomic mass is 16.5. The molecular weight excluding hydrogens is 236 g/mol. The number of hydrogen-bond donors (Lipinski definition) is 2. The predicted octanol–water partition coefficient (Wildman–Crippen LogP) is 0.737. The molecule has 0 radical (unpaired) electrons. The lowest BCUT2D eigenvalue weighted by Gasteiger charge is -2.03. The van der Waals surface area contributed by atoms with Gasteiger partial charge in [-0.25, -0.2) is 0 Å². The fraction of sp³-hybridized carbons (Fsp3) is 0.417. The number of carbonyl (C=O) groups excluding carboxylic acids is 3. The molecule has 1 aromatic heterocycles. The lowest BCUT2D eigenvalue weighted by Crippen LogP contribution is -2.30. The van der Waals surface area contributed by atoms with Crippen LogP contribution in [-0.4, -0.2) is 36.3 Å². The number of aromatic nitrogens is 1. The van der Waals surface area contributed by atoms with E-state index in [2.05, 4.69) is 15.0 Å². The van der Waals surface area contributed by atoms with E-state index >= 15 is 0 Å². The summed E-state index contributed by atoms with van der Waals surface area (Å²) >= 11 is 0. The Bertz CT molecular complexity index is 502. The number of nitrogens with one attached hydrogen (secondary N) is 2. The van der Waals surface area contributed by atoms with Crippen molar-refractivity contribution in [1.82, 2.24) is 10.3 Å². The number of esters is 1. The zero-order chi connectivity index (χ0) is 13.9. The van der Waals surface area contributed by atoms with Gasteiger partial charge in [0.15, 0.2) is 5.78 Å². The third kappa shape index (κ3) is 2.77. The lowest BCUT2D eigenvalue weighted by molar-refractivity contribution is -0.139. The highest BCUT2D eigenvalue weighted by Gasteiger charge is 2.19. The Labute approximate surface area is 105 Å². The molecule has 6 nitrogen and oxygen atoms in total. The minimum atomic E-state index is -0.531. The van der Waals surface area contributed by atoms with Gasteiger partial charge in [0.2, 0.25) is 0 Å². The molecule has 0 spiro atoms. The maximum atomic E-state index is 11.8. The molecule has 18 heavy (non-hydrogen) atoms. The highest BCUT2D eigenvalue weighted by Crippen LogP contribution is 2.18. The van der Waals surface area contributed by atoms with E-state index in [0.29, 0.717) is 22.5 Å². The van der Waals surface area contributed by atoms with Crippen molar-refractivity contribution in [3.63, 3.8) is 0 Å². The van der Waals surface area contributed by atoms with Gasteiger partial charge in [0, 0.05) is 11.3 Å². The van der Waals surface area contributed by atoms with Crippen LogP contribution in [0.15, 0.2) is 0 Å². The molecule has 1 rings (SSSR count). The summed E-state index contributed by atoms with van der Waals surface area (Å²) in [5.41, 5.74) is 2.03. The molecule has 0 aromatic carbocycles. The third-order valence-corrected chi connectivity index (χ3v) is 2.64. The van der Waals surface area contributed by atoms with E-state index in [1.54, 1.807) is 13.8 Å². The van der Waals surface area contributed by atoms with Crippen molar-refractivity contribution in [2.75, 3.05) is 13.7 Å². The van der Waals surface area contributed by atoms with Crippen molar-refractivity contribution in [3.05, 3.63) is 22.5 Å². The average molecular weight is 252 g/mol. The first-order valence-corrected chi connectivity index (χ1v) is 5.43. The van der Waals surface area contributed by atoms with E-state index in [1.807, 2.05) is 0 Å². The zero-order valence-electron chi connectivity index (χ0n) is 10.8. The van der Waals surface area contributed by atoms with Gasteiger partial charge in [-0.2, -0.15) is 0 Å². The van der Waals surface area contributed by atoms with Crippen LogP contribution in [0.4, 0.5) is 0 Å². The van der Waals surface area contributed by atoms with Crippen LogP contribution in [0.2, 0.25) is 0 Å². The minimum absolute atomic E-state index is 0.103. The van der Waals surface area contributed by atoms with E-state index in [9.17, 15) is 14.4 Å². The summed E-state index contributed by atoms with van der Waals surface area (Å²) in [5.74, 6) is -1.07. The fourth-order valence-electron chi connectivity index (χ4n) is 1.82. The van der Waals surface area contributed by atoms with E-state index in [-0.39, 0.29) is 12.3 Å². The number of amides is 1.